The number of pyridine rings is 1. The number of benzene rings is 1. The van der Waals surface area contributed by atoms with Gasteiger partial charge in [0, 0.05) is 48.4 Å². The number of methoxy groups -OCH3 is 1. The molecule has 0 N–H and O–H groups in total. The second-order valence-electron chi connectivity index (χ2n) is 13.4. The molecule has 2 unspecified atom stereocenters. The maximum absolute atomic E-state index is 13.4. The lowest BCUT2D eigenvalue weighted by Crippen LogP contribution is -2.45. The standard InChI is InChI=1S/C38H47N5O5/c1-10-21-46-38(8)16-19-42(20-17-38)35-33(34(36(44)45-9)48-37(5,6)7)26(4)40-32-23-30(41-43(32)35)28-14-12-13-27(22-28)29-24-39-18-15-31(29)47-25(3)11-2/h10-15,18,22-25,34H,1-2,16-17,19-21H2,3-9H3. The number of ether oxygens (including phenoxy) is 4. The van der Waals surface area contributed by atoms with Crippen LogP contribution in [0.3, 0.4) is 0 Å². The smallest absolute Gasteiger partial charge is 0.339 e. The number of hydrogen-bond acceptors (Lipinski definition) is 9. The fourth-order valence-electron chi connectivity index (χ4n) is 5.94. The van der Waals surface area contributed by atoms with Crippen molar-refractivity contribution in [3.8, 4) is 28.1 Å². The van der Waals surface area contributed by atoms with Gasteiger partial charge in [-0.2, -0.15) is 9.61 Å². The summed E-state index contributed by atoms with van der Waals surface area (Å²) in [6.45, 7) is 21.3. The number of aryl methyl sites for hydroxylation is 1. The van der Waals surface area contributed by atoms with Gasteiger partial charge in [-0.05, 0) is 72.1 Å². The van der Waals surface area contributed by atoms with Crippen LogP contribution in [0.5, 0.6) is 5.75 Å². The number of esters is 1. The zero-order chi connectivity index (χ0) is 34.6. The average molecular weight is 654 g/mol. The Kier molecular flexibility index (Phi) is 10.4. The molecule has 0 spiro atoms. The van der Waals surface area contributed by atoms with Crippen LogP contribution in [0.1, 0.15) is 64.8 Å². The molecular weight excluding hydrogens is 606 g/mol. The maximum atomic E-state index is 13.4. The summed E-state index contributed by atoms with van der Waals surface area (Å²) in [5.74, 6) is 0.981. The molecule has 10 heteroatoms. The monoisotopic (exact) mass is 653 g/mol. The van der Waals surface area contributed by atoms with Gasteiger partial charge in [-0.1, -0.05) is 36.9 Å². The predicted molar refractivity (Wildman–Crippen MR) is 188 cm³/mol. The van der Waals surface area contributed by atoms with Gasteiger partial charge in [-0.3, -0.25) is 4.98 Å². The fourth-order valence-corrected chi connectivity index (χ4v) is 5.94. The van der Waals surface area contributed by atoms with Gasteiger partial charge in [0.05, 0.1) is 36.2 Å². The second kappa shape index (κ2) is 14.3. The average Bonchev–Trinajstić information content (AvgIpc) is 3.49. The van der Waals surface area contributed by atoms with E-state index in [0.717, 1.165) is 46.8 Å². The van der Waals surface area contributed by atoms with Crippen LogP contribution in [-0.4, -0.2) is 69.7 Å². The molecule has 0 radical (unpaired) electrons. The van der Waals surface area contributed by atoms with Crippen LogP contribution in [0.25, 0.3) is 28.0 Å². The molecule has 4 heterocycles. The third-order valence-electron chi connectivity index (χ3n) is 8.52. The molecule has 5 rings (SSSR count). The first-order valence-electron chi connectivity index (χ1n) is 16.4. The highest BCUT2D eigenvalue weighted by Gasteiger charge is 2.38. The Morgan fingerprint density at radius 2 is 1.85 bits per heavy atom. The van der Waals surface area contributed by atoms with E-state index < -0.39 is 17.7 Å². The van der Waals surface area contributed by atoms with Crippen LogP contribution in [0.15, 0.2) is 74.1 Å². The maximum Gasteiger partial charge on any atom is 0.339 e. The Morgan fingerprint density at radius 3 is 2.52 bits per heavy atom. The number of piperidine rings is 1. The molecule has 1 aliphatic rings. The number of nitrogens with zero attached hydrogens (tertiary/aromatic N) is 5. The third-order valence-corrected chi connectivity index (χ3v) is 8.52. The van der Waals surface area contributed by atoms with E-state index in [0.29, 0.717) is 36.6 Å². The van der Waals surface area contributed by atoms with Crippen LogP contribution in [0.4, 0.5) is 5.82 Å². The number of fused-ring (bicyclic) bond motifs is 1. The molecule has 1 aromatic carbocycles. The summed E-state index contributed by atoms with van der Waals surface area (Å²) in [4.78, 5) is 25.0. The van der Waals surface area contributed by atoms with E-state index in [4.69, 9.17) is 29.0 Å². The van der Waals surface area contributed by atoms with Crippen molar-refractivity contribution in [3.05, 3.63) is 85.4 Å². The van der Waals surface area contributed by atoms with Gasteiger partial charge in [0.15, 0.2) is 11.8 Å². The van der Waals surface area contributed by atoms with Crippen molar-refractivity contribution >= 4 is 17.4 Å². The highest BCUT2D eigenvalue weighted by atomic mass is 16.6. The Labute approximate surface area is 283 Å². The first-order valence-corrected chi connectivity index (χ1v) is 16.4. The highest BCUT2D eigenvalue weighted by Crippen LogP contribution is 2.39. The van der Waals surface area contributed by atoms with Gasteiger partial charge in [0.1, 0.15) is 17.7 Å². The minimum atomic E-state index is -1.01. The quantitative estimate of drug-likeness (QED) is 0.115. The van der Waals surface area contributed by atoms with Gasteiger partial charge in [-0.15, -0.1) is 6.58 Å². The summed E-state index contributed by atoms with van der Waals surface area (Å²) >= 11 is 0. The lowest BCUT2D eigenvalue weighted by atomic mass is 9.92. The molecule has 0 amide bonds. The molecule has 3 aromatic heterocycles. The lowest BCUT2D eigenvalue weighted by Gasteiger charge is -2.41. The number of aromatic nitrogens is 4. The summed E-state index contributed by atoms with van der Waals surface area (Å²) in [6.07, 6.45) is 7.44. The van der Waals surface area contributed by atoms with E-state index in [2.05, 4.69) is 36.0 Å². The Hall–Kier alpha value is -4.54. The van der Waals surface area contributed by atoms with Crippen LogP contribution < -0.4 is 9.64 Å². The molecule has 1 saturated heterocycles. The van der Waals surface area contributed by atoms with Crippen molar-refractivity contribution in [1.29, 1.82) is 0 Å². The SMILES string of the molecule is C=CCOC1(C)CCN(c2c(C(OC(C)(C)C)C(=O)OC)c(C)nc3cc(-c4cccc(-c5cnccc5OC(C)C=C)c4)nn23)CC1. The van der Waals surface area contributed by atoms with E-state index in [1.807, 2.05) is 69.5 Å². The topological polar surface area (TPSA) is 100 Å². The van der Waals surface area contributed by atoms with Gasteiger partial charge in [-0.25, -0.2) is 9.78 Å². The molecule has 4 aromatic rings. The first-order chi connectivity index (χ1) is 22.9. The number of carbonyl (C=O) groups is 1. The molecule has 0 bridgehead atoms. The first kappa shape index (κ1) is 34.8. The van der Waals surface area contributed by atoms with Crippen molar-refractivity contribution in [3.63, 3.8) is 0 Å². The van der Waals surface area contributed by atoms with Gasteiger partial charge >= 0.3 is 5.97 Å². The van der Waals surface area contributed by atoms with Crippen molar-refractivity contribution in [2.24, 2.45) is 0 Å². The zero-order valence-electron chi connectivity index (χ0n) is 29.2. The van der Waals surface area contributed by atoms with Crippen molar-refractivity contribution < 1.29 is 23.7 Å². The lowest BCUT2D eigenvalue weighted by molar-refractivity contribution is -0.164. The largest absolute Gasteiger partial charge is 0.486 e. The molecule has 1 fully saturated rings. The fraction of sp³-hybridized carbons (Fsp3) is 0.421. The van der Waals surface area contributed by atoms with E-state index in [1.165, 1.54) is 7.11 Å². The van der Waals surface area contributed by atoms with E-state index in [1.54, 1.807) is 24.5 Å². The normalized spacial score (nSPS) is 15.9. The van der Waals surface area contributed by atoms with Crippen LogP contribution in [0.2, 0.25) is 0 Å². The molecule has 1 aliphatic heterocycles. The molecule has 10 nitrogen and oxygen atoms in total. The van der Waals surface area contributed by atoms with E-state index in [9.17, 15) is 4.79 Å². The minimum Gasteiger partial charge on any atom is -0.486 e. The Bertz CT molecular complexity index is 1780. The molecule has 48 heavy (non-hydrogen) atoms. The van der Waals surface area contributed by atoms with Gasteiger partial charge < -0.3 is 23.8 Å². The third kappa shape index (κ3) is 7.61. The molecular formula is C38H47N5O5. The Balaban J connectivity index is 1.64. The summed E-state index contributed by atoms with van der Waals surface area (Å²) < 4.78 is 25.8. The molecule has 0 saturated carbocycles. The van der Waals surface area contributed by atoms with E-state index >= 15 is 0 Å². The van der Waals surface area contributed by atoms with Gasteiger partial charge in [0.2, 0.25) is 0 Å². The van der Waals surface area contributed by atoms with Crippen molar-refractivity contribution in [1.82, 2.24) is 19.6 Å². The summed E-state index contributed by atoms with van der Waals surface area (Å²) in [7, 11) is 1.38. The number of anilines is 1. The zero-order valence-corrected chi connectivity index (χ0v) is 29.2. The highest BCUT2D eigenvalue weighted by molar-refractivity contribution is 5.81. The number of rotatable bonds is 12. The Morgan fingerprint density at radius 1 is 1.12 bits per heavy atom. The summed E-state index contributed by atoms with van der Waals surface area (Å²) in [5, 5.41) is 5.13. The summed E-state index contributed by atoms with van der Waals surface area (Å²) in [6, 6.07) is 11.9. The second-order valence-corrected chi connectivity index (χ2v) is 13.4. The van der Waals surface area contributed by atoms with Crippen LogP contribution in [0, 0.1) is 6.92 Å². The van der Waals surface area contributed by atoms with Crippen LogP contribution >= 0.6 is 0 Å². The minimum absolute atomic E-state index is 0.160. The van der Waals surface area contributed by atoms with Crippen molar-refractivity contribution in [2.45, 2.75) is 77.8 Å². The summed E-state index contributed by atoms with van der Waals surface area (Å²) in [5.41, 5.74) is 4.47. The molecule has 2 atom stereocenters. The number of hydrogen-bond donors (Lipinski definition) is 0. The van der Waals surface area contributed by atoms with Crippen molar-refractivity contribution in [2.75, 3.05) is 31.7 Å². The number of carbonyl (C=O) groups excluding carboxylic acids is 1. The predicted octanol–water partition coefficient (Wildman–Crippen LogP) is 7.31. The molecule has 254 valence electrons. The van der Waals surface area contributed by atoms with Crippen LogP contribution in [-0.2, 0) is 19.0 Å². The van der Waals surface area contributed by atoms with E-state index in [-0.39, 0.29) is 11.7 Å². The van der Waals surface area contributed by atoms with Gasteiger partial charge in [0.25, 0.3) is 0 Å². The molecule has 0 aliphatic carbocycles.